The average Bonchev–Trinajstić information content (AvgIpc) is 3.95. The number of nitrogens with zero attached hydrogens (tertiary/aromatic N) is 4. The summed E-state index contributed by atoms with van der Waals surface area (Å²) in [5.74, 6) is 1.71. The van der Waals surface area contributed by atoms with Crippen LogP contribution in [0.15, 0.2) is 191 Å². The van der Waals surface area contributed by atoms with Crippen LogP contribution in [-0.2, 0) is 0 Å². The van der Waals surface area contributed by atoms with Crippen molar-refractivity contribution in [3.05, 3.63) is 182 Å². The largest absolute Gasteiger partial charge is 0.456 e. The van der Waals surface area contributed by atoms with Gasteiger partial charge in [-0.3, -0.25) is 0 Å². The standard InChI is InChI=1S/C51H30N4O2/c1-3-11-31(12-4-1)33-21-26-45-42(27-33)41-24-20-35(29-47(41)56-45)51-53-49(32-13-5-2-6-14-32)52-50(54-51)34-19-23-39-40-25-22-36(30-48(40)57-46(39)28-34)55-43-17-9-7-15-37(43)38-16-8-10-18-44(38)55/h1-30H. The van der Waals surface area contributed by atoms with Crippen molar-refractivity contribution < 1.29 is 8.83 Å². The van der Waals surface area contributed by atoms with Crippen molar-refractivity contribution >= 4 is 65.7 Å². The van der Waals surface area contributed by atoms with Crippen molar-refractivity contribution in [2.45, 2.75) is 0 Å². The van der Waals surface area contributed by atoms with Gasteiger partial charge in [0.2, 0.25) is 0 Å². The summed E-state index contributed by atoms with van der Waals surface area (Å²) >= 11 is 0. The summed E-state index contributed by atoms with van der Waals surface area (Å²) in [6, 6.07) is 62.8. The molecular formula is C51H30N4O2. The molecule has 8 aromatic carbocycles. The number of hydrogen-bond donors (Lipinski definition) is 0. The van der Waals surface area contributed by atoms with Crippen LogP contribution in [-0.4, -0.2) is 19.5 Å². The minimum Gasteiger partial charge on any atom is -0.456 e. The van der Waals surface area contributed by atoms with Crippen molar-refractivity contribution in [2.24, 2.45) is 0 Å². The lowest BCUT2D eigenvalue weighted by Gasteiger charge is -2.08. The molecule has 0 bridgehead atoms. The van der Waals surface area contributed by atoms with E-state index in [2.05, 4.69) is 132 Å². The van der Waals surface area contributed by atoms with Crippen LogP contribution in [0.1, 0.15) is 0 Å². The minimum atomic E-state index is 0.560. The van der Waals surface area contributed by atoms with Gasteiger partial charge in [0, 0.05) is 60.8 Å². The zero-order valence-electron chi connectivity index (χ0n) is 30.4. The zero-order chi connectivity index (χ0) is 37.5. The van der Waals surface area contributed by atoms with E-state index in [1.165, 1.54) is 16.3 Å². The highest BCUT2D eigenvalue weighted by Crippen LogP contribution is 2.38. The molecule has 266 valence electrons. The number of para-hydroxylation sites is 2. The van der Waals surface area contributed by atoms with Crippen LogP contribution in [0, 0.1) is 0 Å². The van der Waals surface area contributed by atoms with E-state index in [1.54, 1.807) is 0 Å². The van der Waals surface area contributed by atoms with Crippen molar-refractivity contribution in [1.29, 1.82) is 0 Å². The van der Waals surface area contributed by atoms with Gasteiger partial charge in [-0.2, -0.15) is 0 Å². The van der Waals surface area contributed by atoms with E-state index < -0.39 is 0 Å². The van der Waals surface area contributed by atoms with Crippen LogP contribution in [0.3, 0.4) is 0 Å². The summed E-state index contributed by atoms with van der Waals surface area (Å²) in [5.41, 5.74) is 11.5. The molecule has 0 aliphatic rings. The molecule has 0 N–H and O–H groups in total. The Morgan fingerprint density at radius 3 is 1.40 bits per heavy atom. The van der Waals surface area contributed by atoms with Crippen LogP contribution in [0.5, 0.6) is 0 Å². The first-order valence-corrected chi connectivity index (χ1v) is 19.0. The summed E-state index contributed by atoms with van der Waals surface area (Å²) in [6.07, 6.45) is 0. The first kappa shape index (κ1) is 31.5. The first-order valence-electron chi connectivity index (χ1n) is 19.0. The van der Waals surface area contributed by atoms with E-state index in [0.717, 1.165) is 82.9 Å². The maximum Gasteiger partial charge on any atom is 0.164 e. The maximum atomic E-state index is 6.62. The number of aromatic nitrogens is 4. The van der Waals surface area contributed by atoms with Crippen LogP contribution in [0.25, 0.3) is 117 Å². The smallest absolute Gasteiger partial charge is 0.164 e. The predicted molar refractivity (Wildman–Crippen MR) is 230 cm³/mol. The Bertz CT molecular complexity index is 3470. The van der Waals surface area contributed by atoms with Gasteiger partial charge in [-0.05, 0) is 71.8 Å². The van der Waals surface area contributed by atoms with Gasteiger partial charge in [-0.25, -0.2) is 15.0 Å². The molecule has 12 aromatic rings. The third-order valence-corrected chi connectivity index (χ3v) is 11.1. The molecule has 0 radical (unpaired) electrons. The molecule has 0 atom stereocenters. The summed E-state index contributed by atoms with van der Waals surface area (Å²) in [6.45, 7) is 0. The molecule has 0 spiro atoms. The number of rotatable bonds is 5. The summed E-state index contributed by atoms with van der Waals surface area (Å²) in [4.78, 5) is 15.1. The second kappa shape index (κ2) is 12.3. The van der Waals surface area contributed by atoms with Crippen LogP contribution in [0.4, 0.5) is 0 Å². The molecule has 0 unspecified atom stereocenters. The monoisotopic (exact) mass is 730 g/mol. The second-order valence-electron chi connectivity index (χ2n) is 14.4. The highest BCUT2D eigenvalue weighted by molar-refractivity contribution is 6.11. The molecular weight excluding hydrogens is 701 g/mol. The lowest BCUT2D eigenvalue weighted by molar-refractivity contribution is 0.668. The summed E-state index contributed by atoms with van der Waals surface area (Å²) in [7, 11) is 0. The summed E-state index contributed by atoms with van der Waals surface area (Å²) in [5, 5.41) is 6.65. The zero-order valence-corrected chi connectivity index (χ0v) is 30.4. The van der Waals surface area contributed by atoms with E-state index in [1.807, 2.05) is 54.6 Å². The fraction of sp³-hybridized carbons (Fsp3) is 0. The van der Waals surface area contributed by atoms with Gasteiger partial charge < -0.3 is 13.4 Å². The maximum absolute atomic E-state index is 6.62. The highest BCUT2D eigenvalue weighted by atomic mass is 16.3. The van der Waals surface area contributed by atoms with Gasteiger partial charge in [-0.15, -0.1) is 0 Å². The summed E-state index contributed by atoms with van der Waals surface area (Å²) < 4.78 is 15.3. The molecule has 6 heteroatoms. The second-order valence-corrected chi connectivity index (χ2v) is 14.4. The SMILES string of the molecule is c1ccc(-c2ccc3oc4cc(-c5nc(-c6ccccc6)nc(-c6ccc7c(c6)oc6cc(-n8c9ccccc9c9ccccc98)ccc67)n5)ccc4c3c2)cc1. The van der Waals surface area contributed by atoms with Crippen LogP contribution in [0.2, 0.25) is 0 Å². The Kier molecular flexibility index (Phi) is 6.83. The van der Waals surface area contributed by atoms with Crippen molar-refractivity contribution in [1.82, 2.24) is 19.5 Å². The molecule has 0 amide bonds. The molecule has 0 fully saturated rings. The van der Waals surface area contributed by atoms with Crippen molar-refractivity contribution in [3.8, 4) is 51.0 Å². The number of hydrogen-bond acceptors (Lipinski definition) is 5. The Morgan fingerprint density at radius 2 is 0.772 bits per heavy atom. The van der Waals surface area contributed by atoms with Gasteiger partial charge in [0.05, 0.1) is 11.0 Å². The fourth-order valence-corrected chi connectivity index (χ4v) is 8.32. The van der Waals surface area contributed by atoms with Crippen molar-refractivity contribution in [2.75, 3.05) is 0 Å². The van der Waals surface area contributed by atoms with Crippen molar-refractivity contribution in [3.63, 3.8) is 0 Å². The quantitative estimate of drug-likeness (QED) is 0.176. The van der Waals surface area contributed by atoms with Gasteiger partial charge in [0.1, 0.15) is 22.3 Å². The van der Waals surface area contributed by atoms with E-state index in [-0.39, 0.29) is 0 Å². The topological polar surface area (TPSA) is 69.9 Å². The predicted octanol–water partition coefficient (Wildman–Crippen LogP) is 13.4. The number of fused-ring (bicyclic) bond motifs is 9. The van der Waals surface area contributed by atoms with E-state index in [0.29, 0.717) is 17.5 Å². The normalized spacial score (nSPS) is 11.9. The Balaban J connectivity index is 0.970. The van der Waals surface area contributed by atoms with Crippen LogP contribution < -0.4 is 0 Å². The average molecular weight is 731 g/mol. The lowest BCUT2D eigenvalue weighted by Crippen LogP contribution is -2.00. The lowest BCUT2D eigenvalue weighted by atomic mass is 10.0. The van der Waals surface area contributed by atoms with Gasteiger partial charge >= 0.3 is 0 Å². The Hall–Kier alpha value is -7.83. The number of benzene rings is 8. The molecule has 57 heavy (non-hydrogen) atoms. The third-order valence-electron chi connectivity index (χ3n) is 11.1. The number of furan rings is 2. The minimum absolute atomic E-state index is 0.560. The molecule has 0 saturated heterocycles. The molecule has 4 heterocycles. The van der Waals surface area contributed by atoms with Crippen LogP contribution >= 0.6 is 0 Å². The van der Waals surface area contributed by atoms with E-state index in [9.17, 15) is 0 Å². The van der Waals surface area contributed by atoms with Gasteiger partial charge in [0.25, 0.3) is 0 Å². The molecule has 0 aliphatic heterocycles. The molecule has 4 aromatic heterocycles. The van der Waals surface area contributed by atoms with Gasteiger partial charge in [0.15, 0.2) is 17.5 Å². The third kappa shape index (κ3) is 5.08. The highest BCUT2D eigenvalue weighted by Gasteiger charge is 2.18. The molecule has 12 rings (SSSR count). The fourth-order valence-electron chi connectivity index (χ4n) is 8.32. The Morgan fingerprint density at radius 1 is 0.298 bits per heavy atom. The Labute approximate surface area is 325 Å². The van der Waals surface area contributed by atoms with E-state index in [4.69, 9.17) is 23.8 Å². The van der Waals surface area contributed by atoms with Gasteiger partial charge in [-0.1, -0.05) is 115 Å². The molecule has 0 saturated carbocycles. The molecule has 0 aliphatic carbocycles. The molecule has 6 nitrogen and oxygen atoms in total. The first-order chi connectivity index (χ1) is 28.2. The van der Waals surface area contributed by atoms with E-state index >= 15 is 0 Å².